The first-order valence-corrected chi connectivity index (χ1v) is 7.34. The third-order valence-corrected chi connectivity index (χ3v) is 3.24. The fourth-order valence-electron chi connectivity index (χ4n) is 1.94. The maximum Gasteiger partial charge on any atom is 0.286 e. The molecule has 1 aromatic heterocycles. The first-order chi connectivity index (χ1) is 9.56. The van der Waals surface area contributed by atoms with Gasteiger partial charge in [-0.2, -0.15) is 0 Å². The summed E-state index contributed by atoms with van der Waals surface area (Å²) >= 11 is 0. The van der Waals surface area contributed by atoms with Crippen LogP contribution in [0.2, 0.25) is 0 Å². The van der Waals surface area contributed by atoms with E-state index in [-0.39, 0.29) is 12.0 Å². The molecule has 0 saturated heterocycles. The molecule has 114 valence electrons. The van der Waals surface area contributed by atoms with Crippen molar-refractivity contribution >= 4 is 5.91 Å². The van der Waals surface area contributed by atoms with Crippen molar-refractivity contribution in [2.24, 2.45) is 0 Å². The fraction of sp³-hybridized carbons (Fsp3) is 0.667. The smallest absolute Gasteiger partial charge is 0.286 e. The van der Waals surface area contributed by atoms with E-state index in [1.807, 2.05) is 6.07 Å². The van der Waals surface area contributed by atoms with Crippen molar-refractivity contribution in [1.82, 2.24) is 10.2 Å². The minimum atomic E-state index is -0.323. The molecule has 20 heavy (non-hydrogen) atoms. The van der Waals surface area contributed by atoms with Gasteiger partial charge < -0.3 is 14.8 Å². The Morgan fingerprint density at radius 3 is 2.70 bits per heavy atom. The summed E-state index contributed by atoms with van der Waals surface area (Å²) in [4.78, 5) is 14.1. The number of rotatable bonds is 9. The molecule has 5 heteroatoms. The molecule has 0 aromatic carbocycles. The van der Waals surface area contributed by atoms with Gasteiger partial charge in [-0.1, -0.05) is 13.8 Å². The molecule has 0 aliphatic rings. The lowest BCUT2D eigenvalue weighted by Crippen LogP contribution is -2.24. The SMILES string of the molecule is CCN(CC)Cc1ccc(C(=O)NCCCC(C)O)o1. The van der Waals surface area contributed by atoms with Crippen LogP contribution in [0.5, 0.6) is 0 Å². The lowest BCUT2D eigenvalue weighted by Gasteiger charge is -2.15. The molecule has 0 spiro atoms. The highest BCUT2D eigenvalue weighted by molar-refractivity contribution is 5.91. The Kier molecular flexibility index (Phi) is 7.33. The van der Waals surface area contributed by atoms with Gasteiger partial charge in [-0.15, -0.1) is 0 Å². The molecule has 0 aliphatic heterocycles. The number of hydrogen-bond acceptors (Lipinski definition) is 4. The van der Waals surface area contributed by atoms with Gasteiger partial charge in [0, 0.05) is 6.54 Å². The van der Waals surface area contributed by atoms with Crippen LogP contribution < -0.4 is 5.32 Å². The average Bonchev–Trinajstić information content (AvgIpc) is 2.89. The molecule has 0 aliphatic carbocycles. The van der Waals surface area contributed by atoms with Crippen molar-refractivity contribution in [2.45, 2.75) is 46.3 Å². The van der Waals surface area contributed by atoms with E-state index in [0.717, 1.165) is 31.8 Å². The Hall–Kier alpha value is -1.33. The number of nitrogens with zero attached hydrogens (tertiary/aromatic N) is 1. The summed E-state index contributed by atoms with van der Waals surface area (Å²) in [5.74, 6) is 0.966. The Morgan fingerprint density at radius 1 is 1.40 bits per heavy atom. The number of carbonyl (C=O) groups excluding carboxylic acids is 1. The summed E-state index contributed by atoms with van der Waals surface area (Å²) in [6.45, 7) is 9.13. The Labute approximate surface area is 121 Å². The number of nitrogens with one attached hydrogen (secondary N) is 1. The molecular weight excluding hydrogens is 256 g/mol. The van der Waals surface area contributed by atoms with Gasteiger partial charge >= 0.3 is 0 Å². The van der Waals surface area contributed by atoms with E-state index in [2.05, 4.69) is 24.1 Å². The molecule has 1 unspecified atom stereocenters. The predicted molar refractivity (Wildman–Crippen MR) is 78.6 cm³/mol. The highest BCUT2D eigenvalue weighted by atomic mass is 16.4. The van der Waals surface area contributed by atoms with Gasteiger partial charge in [-0.25, -0.2) is 0 Å². The first kappa shape index (κ1) is 16.7. The van der Waals surface area contributed by atoms with E-state index in [1.165, 1.54) is 0 Å². The third kappa shape index (κ3) is 5.75. The highest BCUT2D eigenvalue weighted by Gasteiger charge is 2.12. The second-order valence-electron chi connectivity index (χ2n) is 4.97. The topological polar surface area (TPSA) is 65.7 Å². The maximum atomic E-state index is 11.8. The zero-order valence-corrected chi connectivity index (χ0v) is 12.7. The largest absolute Gasteiger partial charge is 0.455 e. The Bertz CT molecular complexity index is 398. The fourth-order valence-corrected chi connectivity index (χ4v) is 1.94. The van der Waals surface area contributed by atoms with Crippen molar-refractivity contribution in [3.05, 3.63) is 23.7 Å². The molecule has 1 atom stereocenters. The second kappa shape index (κ2) is 8.76. The molecule has 0 bridgehead atoms. The van der Waals surface area contributed by atoms with Gasteiger partial charge in [0.25, 0.3) is 5.91 Å². The van der Waals surface area contributed by atoms with E-state index >= 15 is 0 Å². The Morgan fingerprint density at radius 2 is 2.10 bits per heavy atom. The summed E-state index contributed by atoms with van der Waals surface area (Å²) in [6.07, 6.45) is 1.12. The lowest BCUT2D eigenvalue weighted by atomic mass is 10.2. The van der Waals surface area contributed by atoms with Crippen LogP contribution in [0.1, 0.15) is 49.9 Å². The molecule has 1 heterocycles. The Balaban J connectivity index is 2.40. The van der Waals surface area contributed by atoms with Crippen LogP contribution in [-0.4, -0.2) is 41.7 Å². The quantitative estimate of drug-likeness (QED) is 0.680. The molecule has 5 nitrogen and oxygen atoms in total. The van der Waals surface area contributed by atoms with Gasteiger partial charge in [0.1, 0.15) is 5.76 Å². The normalized spacial score (nSPS) is 12.7. The summed E-state index contributed by atoms with van der Waals surface area (Å²) in [6, 6.07) is 3.56. The van der Waals surface area contributed by atoms with Crippen molar-refractivity contribution in [2.75, 3.05) is 19.6 Å². The van der Waals surface area contributed by atoms with Crippen molar-refractivity contribution in [3.63, 3.8) is 0 Å². The van der Waals surface area contributed by atoms with Gasteiger partial charge in [0.2, 0.25) is 0 Å². The summed E-state index contributed by atoms with van der Waals surface area (Å²) in [7, 11) is 0. The van der Waals surface area contributed by atoms with E-state index in [1.54, 1.807) is 13.0 Å². The monoisotopic (exact) mass is 282 g/mol. The van der Waals surface area contributed by atoms with Crippen molar-refractivity contribution in [1.29, 1.82) is 0 Å². The van der Waals surface area contributed by atoms with Crippen LogP contribution in [-0.2, 0) is 6.54 Å². The molecule has 1 rings (SSSR count). The first-order valence-electron chi connectivity index (χ1n) is 7.34. The van der Waals surface area contributed by atoms with Gasteiger partial charge in [0.05, 0.1) is 12.6 Å². The number of aliphatic hydroxyl groups is 1. The van der Waals surface area contributed by atoms with Crippen LogP contribution in [0, 0.1) is 0 Å². The van der Waals surface area contributed by atoms with E-state index in [4.69, 9.17) is 9.52 Å². The molecule has 0 fully saturated rings. The number of aliphatic hydroxyl groups excluding tert-OH is 1. The van der Waals surface area contributed by atoms with Crippen LogP contribution in [0.15, 0.2) is 16.5 Å². The van der Waals surface area contributed by atoms with Gasteiger partial charge in [0.15, 0.2) is 5.76 Å². The molecule has 1 amide bonds. The van der Waals surface area contributed by atoms with Crippen LogP contribution >= 0.6 is 0 Å². The third-order valence-electron chi connectivity index (χ3n) is 3.24. The van der Waals surface area contributed by atoms with Crippen LogP contribution in [0.25, 0.3) is 0 Å². The van der Waals surface area contributed by atoms with Crippen molar-refractivity contribution in [3.8, 4) is 0 Å². The number of amides is 1. The molecular formula is C15H26N2O3. The zero-order chi connectivity index (χ0) is 15.0. The maximum absolute atomic E-state index is 11.8. The average molecular weight is 282 g/mol. The minimum Gasteiger partial charge on any atom is -0.455 e. The standard InChI is InChI=1S/C15H26N2O3/c1-4-17(5-2)11-13-8-9-14(20-13)15(19)16-10-6-7-12(3)18/h8-9,12,18H,4-7,10-11H2,1-3H3,(H,16,19). The van der Waals surface area contributed by atoms with Crippen molar-refractivity contribution < 1.29 is 14.3 Å². The zero-order valence-electron chi connectivity index (χ0n) is 12.7. The summed E-state index contributed by atoms with van der Waals surface area (Å²) < 4.78 is 5.55. The second-order valence-corrected chi connectivity index (χ2v) is 4.97. The summed E-state index contributed by atoms with van der Waals surface area (Å²) in [5.41, 5.74) is 0. The van der Waals surface area contributed by atoms with Gasteiger partial charge in [-0.05, 0) is 45.0 Å². The summed E-state index contributed by atoms with van der Waals surface area (Å²) in [5, 5.41) is 11.9. The lowest BCUT2D eigenvalue weighted by molar-refractivity contribution is 0.0918. The number of hydrogen-bond donors (Lipinski definition) is 2. The number of carbonyl (C=O) groups is 1. The van der Waals surface area contributed by atoms with E-state index < -0.39 is 0 Å². The molecule has 0 radical (unpaired) electrons. The minimum absolute atomic E-state index is 0.193. The van der Waals surface area contributed by atoms with Crippen LogP contribution in [0.4, 0.5) is 0 Å². The molecule has 1 aromatic rings. The highest BCUT2D eigenvalue weighted by Crippen LogP contribution is 2.10. The number of furan rings is 1. The predicted octanol–water partition coefficient (Wildman–Crippen LogP) is 2.01. The van der Waals surface area contributed by atoms with E-state index in [0.29, 0.717) is 18.7 Å². The van der Waals surface area contributed by atoms with Gasteiger partial charge in [-0.3, -0.25) is 9.69 Å². The van der Waals surface area contributed by atoms with E-state index in [9.17, 15) is 4.79 Å². The molecule has 0 saturated carbocycles. The molecule has 2 N–H and O–H groups in total. The van der Waals surface area contributed by atoms with Crippen LogP contribution in [0.3, 0.4) is 0 Å².